The van der Waals surface area contributed by atoms with Crippen LogP contribution in [0.25, 0.3) is 22.3 Å². The van der Waals surface area contributed by atoms with Crippen molar-refractivity contribution in [2.75, 3.05) is 6.61 Å². The monoisotopic (exact) mass is 612 g/mol. The predicted molar refractivity (Wildman–Crippen MR) is 142 cm³/mol. The summed E-state index contributed by atoms with van der Waals surface area (Å²) in [5, 5.41) is 0. The first kappa shape index (κ1) is 31.9. The van der Waals surface area contributed by atoms with Crippen molar-refractivity contribution in [3.63, 3.8) is 0 Å². The molecule has 4 aromatic carbocycles. The van der Waals surface area contributed by atoms with Gasteiger partial charge in [0, 0.05) is 6.61 Å². The number of hydrogen-bond donors (Lipinski definition) is 0. The minimum Gasteiger partial charge on any atom is -0.429 e. The SMILES string of the molecule is CCCC(C)COCc1cc(F)c(-c2cc(F)c(C(F)(F)Oc3ccc(-c4cc(F)c(F)c(F)c4)cc3)c(F)c2)c(F)c1. The molecule has 1 unspecified atom stereocenters. The molecule has 11 heteroatoms. The summed E-state index contributed by atoms with van der Waals surface area (Å²) in [7, 11) is 0. The molecule has 0 aliphatic rings. The van der Waals surface area contributed by atoms with Crippen LogP contribution in [0, 0.1) is 46.6 Å². The first-order chi connectivity index (χ1) is 20.3. The van der Waals surface area contributed by atoms with Crippen LogP contribution in [0.1, 0.15) is 37.8 Å². The lowest BCUT2D eigenvalue weighted by atomic mass is 9.99. The van der Waals surface area contributed by atoms with Crippen molar-refractivity contribution in [2.24, 2.45) is 5.92 Å². The van der Waals surface area contributed by atoms with Crippen LogP contribution in [0.2, 0.25) is 0 Å². The second-order valence-corrected chi connectivity index (χ2v) is 10.1. The molecule has 228 valence electrons. The van der Waals surface area contributed by atoms with Gasteiger partial charge >= 0.3 is 6.11 Å². The maximum atomic E-state index is 14.9. The maximum Gasteiger partial charge on any atom is 0.432 e. The van der Waals surface area contributed by atoms with E-state index in [1.165, 1.54) is 0 Å². The van der Waals surface area contributed by atoms with Crippen LogP contribution >= 0.6 is 0 Å². The second-order valence-electron chi connectivity index (χ2n) is 10.1. The van der Waals surface area contributed by atoms with Gasteiger partial charge in [0.15, 0.2) is 17.5 Å². The Morgan fingerprint density at radius 1 is 0.674 bits per heavy atom. The van der Waals surface area contributed by atoms with E-state index in [-0.39, 0.29) is 29.2 Å². The van der Waals surface area contributed by atoms with Gasteiger partial charge in [-0.3, -0.25) is 0 Å². The summed E-state index contributed by atoms with van der Waals surface area (Å²) in [6.45, 7) is 4.24. The lowest BCUT2D eigenvalue weighted by Crippen LogP contribution is -2.25. The molecule has 0 amide bonds. The van der Waals surface area contributed by atoms with Crippen molar-refractivity contribution < 1.29 is 49.0 Å². The van der Waals surface area contributed by atoms with Crippen LogP contribution in [0.15, 0.2) is 60.7 Å². The first-order valence-corrected chi connectivity index (χ1v) is 13.2. The molecule has 0 spiro atoms. The van der Waals surface area contributed by atoms with E-state index in [2.05, 4.69) is 4.74 Å². The molecule has 0 aliphatic carbocycles. The average molecular weight is 613 g/mol. The van der Waals surface area contributed by atoms with E-state index in [0.717, 1.165) is 49.2 Å². The van der Waals surface area contributed by atoms with E-state index >= 15 is 0 Å². The van der Waals surface area contributed by atoms with Crippen LogP contribution in [0.3, 0.4) is 0 Å². The maximum absolute atomic E-state index is 14.9. The van der Waals surface area contributed by atoms with Gasteiger partial charge in [-0.2, -0.15) is 8.78 Å². The van der Waals surface area contributed by atoms with Gasteiger partial charge in [-0.15, -0.1) is 0 Å². The molecule has 0 radical (unpaired) electrons. The van der Waals surface area contributed by atoms with Crippen LogP contribution < -0.4 is 4.74 Å². The molecule has 0 aromatic heterocycles. The number of rotatable bonds is 11. The third-order valence-electron chi connectivity index (χ3n) is 6.59. The number of hydrogen-bond acceptors (Lipinski definition) is 2. The summed E-state index contributed by atoms with van der Waals surface area (Å²) in [5.41, 5.74) is -3.15. The topological polar surface area (TPSA) is 18.5 Å². The molecule has 2 nitrogen and oxygen atoms in total. The van der Waals surface area contributed by atoms with Crippen molar-refractivity contribution in [3.05, 3.63) is 113 Å². The van der Waals surface area contributed by atoms with Crippen molar-refractivity contribution in [3.8, 4) is 28.0 Å². The lowest BCUT2D eigenvalue weighted by Gasteiger charge is -2.20. The Bertz CT molecular complexity index is 1530. The zero-order chi connectivity index (χ0) is 31.5. The third kappa shape index (κ3) is 7.33. The summed E-state index contributed by atoms with van der Waals surface area (Å²) in [5.74, 6) is -11.0. The molecule has 0 fully saturated rings. The molecule has 0 bridgehead atoms. The van der Waals surface area contributed by atoms with E-state index in [9.17, 15) is 39.5 Å². The molecule has 4 rings (SSSR count). The Kier molecular flexibility index (Phi) is 9.74. The Morgan fingerprint density at radius 3 is 1.74 bits per heavy atom. The van der Waals surface area contributed by atoms with Gasteiger partial charge in [-0.05, 0) is 83.1 Å². The summed E-state index contributed by atoms with van der Waals surface area (Å²) < 4.78 is 139. The summed E-state index contributed by atoms with van der Waals surface area (Å²) in [6.07, 6.45) is -2.73. The minimum atomic E-state index is -4.59. The number of benzene rings is 4. The first-order valence-electron chi connectivity index (χ1n) is 13.2. The zero-order valence-corrected chi connectivity index (χ0v) is 22.9. The van der Waals surface area contributed by atoms with Gasteiger partial charge in [0.1, 0.15) is 34.6 Å². The number of alkyl halides is 2. The predicted octanol–water partition coefficient (Wildman–Crippen LogP) is 10.1. The largest absolute Gasteiger partial charge is 0.432 e. The highest BCUT2D eigenvalue weighted by Crippen LogP contribution is 2.38. The van der Waals surface area contributed by atoms with Crippen molar-refractivity contribution >= 4 is 0 Å². The van der Waals surface area contributed by atoms with E-state index < -0.39 is 69.3 Å². The molecule has 0 saturated carbocycles. The third-order valence-corrected chi connectivity index (χ3v) is 6.59. The molecule has 1 atom stereocenters. The zero-order valence-electron chi connectivity index (χ0n) is 22.9. The molecule has 43 heavy (non-hydrogen) atoms. The standard InChI is InChI=1S/C32H25F9O2/c1-3-4-17(2)15-42-16-18-9-23(33)29(24(34)10-18)21-13-25(35)30(26(36)14-21)32(40,41)43-22-7-5-19(6-8-22)20-11-27(37)31(39)28(38)12-20/h5-14,17H,3-4,15-16H2,1-2H3. The molecular formula is C32H25F9O2. The summed E-state index contributed by atoms with van der Waals surface area (Å²) in [6, 6.07) is 8.07. The lowest BCUT2D eigenvalue weighted by molar-refractivity contribution is -0.189. The van der Waals surface area contributed by atoms with E-state index in [1.807, 2.05) is 13.8 Å². The van der Waals surface area contributed by atoms with E-state index in [4.69, 9.17) is 4.74 Å². The Balaban J connectivity index is 1.54. The van der Waals surface area contributed by atoms with Crippen molar-refractivity contribution in [1.82, 2.24) is 0 Å². The minimum absolute atomic E-state index is 0.0999. The van der Waals surface area contributed by atoms with Crippen LogP contribution in [0.4, 0.5) is 39.5 Å². The fourth-order valence-corrected chi connectivity index (χ4v) is 4.57. The van der Waals surface area contributed by atoms with Gasteiger partial charge < -0.3 is 9.47 Å². The van der Waals surface area contributed by atoms with Gasteiger partial charge in [0.2, 0.25) is 0 Å². The smallest absolute Gasteiger partial charge is 0.429 e. The van der Waals surface area contributed by atoms with Gasteiger partial charge in [0.05, 0.1) is 12.2 Å². The molecule has 0 heterocycles. The van der Waals surface area contributed by atoms with Crippen molar-refractivity contribution in [2.45, 2.75) is 39.4 Å². The quantitative estimate of drug-likeness (QED) is 0.124. The number of ether oxygens (including phenoxy) is 2. The molecule has 4 aromatic rings. The van der Waals surface area contributed by atoms with Crippen LogP contribution in [-0.4, -0.2) is 6.61 Å². The van der Waals surface area contributed by atoms with Gasteiger partial charge in [0.25, 0.3) is 0 Å². The fraction of sp³-hybridized carbons (Fsp3) is 0.250. The van der Waals surface area contributed by atoms with Gasteiger partial charge in [-0.25, -0.2) is 30.7 Å². The summed E-state index contributed by atoms with van der Waals surface area (Å²) >= 11 is 0. The Labute approximate surface area is 241 Å². The molecular weight excluding hydrogens is 587 g/mol. The Morgan fingerprint density at radius 2 is 1.21 bits per heavy atom. The molecule has 0 N–H and O–H groups in total. The van der Waals surface area contributed by atoms with Gasteiger partial charge in [-0.1, -0.05) is 32.4 Å². The summed E-state index contributed by atoms with van der Waals surface area (Å²) in [4.78, 5) is 0. The van der Waals surface area contributed by atoms with Crippen LogP contribution in [0.5, 0.6) is 5.75 Å². The normalized spacial score (nSPS) is 12.4. The fourth-order valence-electron chi connectivity index (χ4n) is 4.57. The van der Waals surface area contributed by atoms with Crippen LogP contribution in [-0.2, 0) is 17.5 Å². The molecule has 0 aliphatic heterocycles. The average Bonchev–Trinajstić information content (AvgIpc) is 2.91. The molecule has 0 saturated heterocycles. The highest BCUT2D eigenvalue weighted by atomic mass is 19.3. The number of halogens is 9. The van der Waals surface area contributed by atoms with Crippen molar-refractivity contribution in [1.29, 1.82) is 0 Å². The highest BCUT2D eigenvalue weighted by Gasteiger charge is 2.41. The Hall–Kier alpha value is -3.99. The van der Waals surface area contributed by atoms with E-state index in [1.54, 1.807) is 0 Å². The van der Waals surface area contributed by atoms with E-state index in [0.29, 0.717) is 30.9 Å². The second kappa shape index (κ2) is 13.1. The highest BCUT2D eigenvalue weighted by molar-refractivity contribution is 5.66.